The van der Waals surface area contributed by atoms with Crippen LogP contribution in [-0.4, -0.2) is 19.6 Å². The van der Waals surface area contributed by atoms with Crippen molar-refractivity contribution in [1.82, 2.24) is 10.6 Å². The van der Waals surface area contributed by atoms with E-state index in [4.69, 9.17) is 0 Å². The molecule has 0 amide bonds. The fraction of sp³-hybridized carbons (Fsp3) is 0.250. The van der Waals surface area contributed by atoms with Crippen molar-refractivity contribution in [2.75, 3.05) is 19.6 Å². The highest BCUT2D eigenvalue weighted by atomic mass is 15.0. The lowest BCUT2D eigenvalue weighted by molar-refractivity contribution is 0.464. The van der Waals surface area contributed by atoms with Gasteiger partial charge in [0.05, 0.1) is 5.54 Å². The third-order valence-corrected chi connectivity index (χ3v) is 4.79. The molecule has 0 fully saturated rings. The molecule has 0 radical (unpaired) electrons. The Hall–Kier alpha value is -2.42. The van der Waals surface area contributed by atoms with Crippen molar-refractivity contribution >= 4 is 0 Å². The molecule has 1 aliphatic rings. The van der Waals surface area contributed by atoms with E-state index < -0.39 is 0 Å². The van der Waals surface area contributed by atoms with Crippen LogP contribution >= 0.6 is 0 Å². The van der Waals surface area contributed by atoms with Crippen molar-refractivity contribution in [2.24, 2.45) is 0 Å². The molecule has 134 valence electrons. The van der Waals surface area contributed by atoms with Gasteiger partial charge in [0.15, 0.2) is 0 Å². The number of hydrogen-bond donors (Lipinski definition) is 2. The minimum Gasteiger partial charge on any atom is -0.316 e. The Bertz CT molecular complexity index is 718. The number of allylic oxidation sites excluding steroid dienone is 4. The predicted molar refractivity (Wildman–Crippen MR) is 111 cm³/mol. The Labute approximate surface area is 157 Å². The van der Waals surface area contributed by atoms with E-state index in [0.29, 0.717) is 0 Å². The molecule has 2 nitrogen and oxygen atoms in total. The van der Waals surface area contributed by atoms with Crippen molar-refractivity contribution in [3.05, 3.63) is 108 Å². The van der Waals surface area contributed by atoms with Gasteiger partial charge in [0.2, 0.25) is 0 Å². The van der Waals surface area contributed by atoms with Gasteiger partial charge in [-0.3, -0.25) is 5.32 Å². The second kappa shape index (κ2) is 9.33. The van der Waals surface area contributed by atoms with E-state index >= 15 is 0 Å². The maximum atomic E-state index is 3.89. The fourth-order valence-corrected chi connectivity index (χ4v) is 3.56. The molecule has 1 aliphatic carbocycles. The third-order valence-electron chi connectivity index (χ3n) is 4.79. The molecule has 0 unspecified atom stereocenters. The molecule has 0 saturated heterocycles. The third kappa shape index (κ3) is 4.04. The number of likely N-dealkylation sites (N-methyl/N-ethyl adjacent to an activating group) is 1. The van der Waals surface area contributed by atoms with E-state index in [0.717, 1.165) is 26.1 Å². The molecule has 0 heterocycles. The van der Waals surface area contributed by atoms with E-state index in [1.165, 1.54) is 16.7 Å². The molecule has 2 aromatic rings. The van der Waals surface area contributed by atoms with Gasteiger partial charge >= 0.3 is 0 Å². The van der Waals surface area contributed by atoms with Gasteiger partial charge in [-0.15, -0.1) is 0 Å². The van der Waals surface area contributed by atoms with Crippen molar-refractivity contribution in [3.63, 3.8) is 0 Å². The summed E-state index contributed by atoms with van der Waals surface area (Å²) in [6.45, 7) is 4.95. The van der Waals surface area contributed by atoms with Gasteiger partial charge in [-0.05, 0) is 29.7 Å². The highest BCUT2D eigenvalue weighted by Gasteiger charge is 2.36. The van der Waals surface area contributed by atoms with Crippen molar-refractivity contribution < 1.29 is 0 Å². The molecule has 0 aromatic heterocycles. The zero-order chi connectivity index (χ0) is 18.1. The summed E-state index contributed by atoms with van der Waals surface area (Å²) in [4.78, 5) is 0. The standard InChI is InChI=1S/C24H28N2/c1-2-25-19-20-26-24(22-15-9-5-10-16-22,23-17-11-6-12-18-23)21-13-7-3-4-8-14-21/h3-7,9-18,25-26H,2,8,19-20H2,1H3. The Balaban J connectivity index is 2.12. The molecule has 2 aromatic carbocycles. The molecule has 26 heavy (non-hydrogen) atoms. The Kier molecular flexibility index (Phi) is 6.59. The average Bonchev–Trinajstić information content (AvgIpc) is 3.00. The molecule has 0 saturated carbocycles. The van der Waals surface area contributed by atoms with Crippen LogP contribution in [-0.2, 0) is 5.54 Å². The van der Waals surface area contributed by atoms with Crippen LogP contribution < -0.4 is 10.6 Å². The van der Waals surface area contributed by atoms with Gasteiger partial charge in [0.25, 0.3) is 0 Å². The first-order chi connectivity index (χ1) is 12.9. The highest BCUT2D eigenvalue weighted by Crippen LogP contribution is 2.38. The Morgan fingerprint density at radius 1 is 0.846 bits per heavy atom. The quantitative estimate of drug-likeness (QED) is 0.685. The van der Waals surface area contributed by atoms with Gasteiger partial charge in [0, 0.05) is 13.1 Å². The number of benzene rings is 2. The van der Waals surface area contributed by atoms with Crippen LogP contribution in [0.2, 0.25) is 0 Å². The van der Waals surface area contributed by atoms with Crippen molar-refractivity contribution in [2.45, 2.75) is 18.9 Å². The molecular weight excluding hydrogens is 316 g/mol. The van der Waals surface area contributed by atoms with Gasteiger partial charge in [-0.25, -0.2) is 0 Å². The number of nitrogens with one attached hydrogen (secondary N) is 2. The zero-order valence-corrected chi connectivity index (χ0v) is 15.5. The lowest BCUT2D eigenvalue weighted by atomic mass is 9.76. The molecule has 0 atom stereocenters. The molecule has 0 spiro atoms. The normalized spacial score (nSPS) is 14.1. The molecule has 2 heteroatoms. The zero-order valence-electron chi connectivity index (χ0n) is 15.5. The summed E-state index contributed by atoms with van der Waals surface area (Å²) in [5.74, 6) is 0. The lowest BCUT2D eigenvalue weighted by Gasteiger charge is -2.38. The molecule has 2 N–H and O–H groups in total. The van der Waals surface area contributed by atoms with Gasteiger partial charge in [-0.2, -0.15) is 0 Å². The van der Waals surface area contributed by atoms with E-state index in [1.807, 2.05) is 0 Å². The summed E-state index contributed by atoms with van der Waals surface area (Å²) in [7, 11) is 0. The van der Waals surface area contributed by atoms with E-state index in [9.17, 15) is 0 Å². The second-order valence-corrected chi connectivity index (χ2v) is 6.44. The maximum Gasteiger partial charge on any atom is 0.0945 e. The van der Waals surface area contributed by atoms with Gasteiger partial charge in [-0.1, -0.05) is 98.0 Å². The van der Waals surface area contributed by atoms with Crippen LogP contribution in [0, 0.1) is 0 Å². The lowest BCUT2D eigenvalue weighted by Crippen LogP contribution is -2.47. The first kappa shape index (κ1) is 18.4. The maximum absolute atomic E-state index is 3.89. The van der Waals surface area contributed by atoms with Gasteiger partial charge < -0.3 is 5.32 Å². The van der Waals surface area contributed by atoms with Crippen LogP contribution in [0.1, 0.15) is 24.5 Å². The topological polar surface area (TPSA) is 24.1 Å². The average molecular weight is 345 g/mol. The van der Waals surface area contributed by atoms with Crippen LogP contribution in [0.15, 0.2) is 96.6 Å². The minimum absolute atomic E-state index is 0.361. The molecular formula is C24H28N2. The van der Waals surface area contributed by atoms with E-state index in [1.54, 1.807) is 0 Å². The summed E-state index contributed by atoms with van der Waals surface area (Å²) in [6, 6.07) is 21.5. The van der Waals surface area contributed by atoms with Crippen LogP contribution in [0.5, 0.6) is 0 Å². The van der Waals surface area contributed by atoms with Crippen LogP contribution in [0.3, 0.4) is 0 Å². The fourth-order valence-electron chi connectivity index (χ4n) is 3.56. The molecule has 0 bridgehead atoms. The van der Waals surface area contributed by atoms with Crippen LogP contribution in [0.4, 0.5) is 0 Å². The van der Waals surface area contributed by atoms with E-state index in [-0.39, 0.29) is 5.54 Å². The monoisotopic (exact) mass is 344 g/mol. The smallest absolute Gasteiger partial charge is 0.0945 e. The Morgan fingerprint density at radius 3 is 2.12 bits per heavy atom. The highest BCUT2D eigenvalue weighted by molar-refractivity contribution is 5.52. The second-order valence-electron chi connectivity index (χ2n) is 6.44. The number of hydrogen-bond acceptors (Lipinski definition) is 2. The molecule has 3 rings (SSSR count). The number of rotatable bonds is 8. The molecule has 0 aliphatic heterocycles. The summed E-state index contributed by atoms with van der Waals surface area (Å²) in [5.41, 5.74) is 3.46. The first-order valence-corrected chi connectivity index (χ1v) is 9.48. The van der Waals surface area contributed by atoms with E-state index in [2.05, 4.69) is 109 Å². The Morgan fingerprint density at radius 2 is 1.50 bits per heavy atom. The summed E-state index contributed by atoms with van der Waals surface area (Å²) >= 11 is 0. The van der Waals surface area contributed by atoms with Crippen molar-refractivity contribution in [1.29, 1.82) is 0 Å². The van der Waals surface area contributed by atoms with Gasteiger partial charge in [0.1, 0.15) is 0 Å². The van der Waals surface area contributed by atoms with Crippen molar-refractivity contribution in [3.8, 4) is 0 Å². The van der Waals surface area contributed by atoms with Crippen LogP contribution in [0.25, 0.3) is 0 Å². The summed E-state index contributed by atoms with van der Waals surface area (Å²) < 4.78 is 0. The summed E-state index contributed by atoms with van der Waals surface area (Å²) in [5, 5.41) is 7.32. The predicted octanol–water partition coefficient (Wildman–Crippen LogP) is 4.57. The minimum atomic E-state index is -0.361. The first-order valence-electron chi connectivity index (χ1n) is 9.48. The summed E-state index contributed by atoms with van der Waals surface area (Å²) in [6.07, 6.45) is 12.0. The SMILES string of the molecule is CCNCCNC(C1=CCC=CC=C1)(c1ccccc1)c1ccccc1. The largest absolute Gasteiger partial charge is 0.316 e.